The molecular formula is C13H22BrNS. The summed E-state index contributed by atoms with van der Waals surface area (Å²) in [4.78, 5) is 1.31. The lowest BCUT2D eigenvalue weighted by molar-refractivity contribution is 0.551. The van der Waals surface area contributed by atoms with E-state index in [1.807, 2.05) is 0 Å². The van der Waals surface area contributed by atoms with Gasteiger partial charge < -0.3 is 5.73 Å². The molecule has 1 unspecified atom stereocenters. The van der Waals surface area contributed by atoms with Crippen molar-refractivity contribution in [2.24, 2.45) is 5.73 Å². The van der Waals surface area contributed by atoms with E-state index in [2.05, 4.69) is 35.0 Å². The molecule has 3 heteroatoms. The van der Waals surface area contributed by atoms with Crippen molar-refractivity contribution in [2.75, 3.05) is 0 Å². The van der Waals surface area contributed by atoms with Gasteiger partial charge in [0, 0.05) is 10.9 Å². The Morgan fingerprint density at radius 3 is 2.50 bits per heavy atom. The number of nitrogens with two attached hydrogens (primary N) is 1. The maximum absolute atomic E-state index is 6.14. The molecule has 0 aliphatic rings. The third kappa shape index (κ3) is 5.46. The van der Waals surface area contributed by atoms with Crippen LogP contribution in [0.2, 0.25) is 0 Å². The summed E-state index contributed by atoms with van der Waals surface area (Å²) in [7, 11) is 0. The van der Waals surface area contributed by atoms with Crippen LogP contribution in [0.1, 0.15) is 62.8 Å². The number of halogens is 1. The minimum absolute atomic E-state index is 0.238. The normalized spacial score (nSPS) is 12.9. The Balaban J connectivity index is 2.09. The molecule has 0 saturated heterocycles. The van der Waals surface area contributed by atoms with Gasteiger partial charge in [0.05, 0.1) is 3.79 Å². The molecule has 0 spiro atoms. The fraction of sp³-hybridized carbons (Fsp3) is 0.692. The Morgan fingerprint density at radius 2 is 1.88 bits per heavy atom. The molecule has 1 atom stereocenters. The second kappa shape index (κ2) is 8.26. The van der Waals surface area contributed by atoms with Crippen LogP contribution < -0.4 is 5.73 Å². The summed E-state index contributed by atoms with van der Waals surface area (Å²) in [5.41, 5.74) is 6.14. The Labute approximate surface area is 112 Å². The number of hydrogen-bond acceptors (Lipinski definition) is 2. The molecular weight excluding hydrogens is 282 g/mol. The summed E-state index contributed by atoms with van der Waals surface area (Å²) in [5.74, 6) is 0. The average molecular weight is 304 g/mol. The topological polar surface area (TPSA) is 26.0 Å². The van der Waals surface area contributed by atoms with E-state index < -0.39 is 0 Å². The van der Waals surface area contributed by atoms with Gasteiger partial charge in [-0.3, -0.25) is 0 Å². The van der Waals surface area contributed by atoms with Crippen molar-refractivity contribution in [1.29, 1.82) is 0 Å². The van der Waals surface area contributed by atoms with Crippen LogP contribution in [0.3, 0.4) is 0 Å². The largest absolute Gasteiger partial charge is 0.323 e. The van der Waals surface area contributed by atoms with E-state index in [1.165, 1.54) is 47.2 Å². The predicted octanol–water partition coefficient (Wildman–Crippen LogP) is 5.26. The van der Waals surface area contributed by atoms with Gasteiger partial charge in [-0.15, -0.1) is 11.3 Å². The molecule has 16 heavy (non-hydrogen) atoms. The minimum Gasteiger partial charge on any atom is -0.323 e. The van der Waals surface area contributed by atoms with E-state index in [-0.39, 0.29) is 6.04 Å². The van der Waals surface area contributed by atoms with Gasteiger partial charge in [0.25, 0.3) is 0 Å². The van der Waals surface area contributed by atoms with Crippen molar-refractivity contribution in [2.45, 2.75) is 57.9 Å². The molecule has 0 bridgehead atoms. The van der Waals surface area contributed by atoms with Gasteiger partial charge in [0.2, 0.25) is 0 Å². The van der Waals surface area contributed by atoms with Crippen molar-refractivity contribution >= 4 is 27.3 Å². The minimum atomic E-state index is 0.238. The van der Waals surface area contributed by atoms with Crippen LogP contribution in [-0.2, 0) is 0 Å². The van der Waals surface area contributed by atoms with Crippen LogP contribution in [0.4, 0.5) is 0 Å². The van der Waals surface area contributed by atoms with Gasteiger partial charge in [-0.1, -0.05) is 45.4 Å². The maximum Gasteiger partial charge on any atom is 0.0701 e. The molecule has 0 radical (unpaired) electrons. The van der Waals surface area contributed by atoms with E-state index in [9.17, 15) is 0 Å². The van der Waals surface area contributed by atoms with Gasteiger partial charge >= 0.3 is 0 Å². The Morgan fingerprint density at radius 1 is 1.19 bits per heavy atom. The Kier molecular flexibility index (Phi) is 7.33. The number of hydrogen-bond donors (Lipinski definition) is 1. The lowest BCUT2D eigenvalue weighted by Gasteiger charge is -2.08. The molecule has 92 valence electrons. The molecule has 0 aliphatic heterocycles. The summed E-state index contributed by atoms with van der Waals surface area (Å²) in [6.07, 6.45) is 9.18. The van der Waals surface area contributed by atoms with Gasteiger partial charge in [-0.2, -0.15) is 0 Å². The average Bonchev–Trinajstić information content (AvgIpc) is 2.70. The molecule has 0 fully saturated rings. The van der Waals surface area contributed by atoms with Crippen molar-refractivity contribution in [3.8, 4) is 0 Å². The third-order valence-corrected chi connectivity index (χ3v) is 4.58. The zero-order chi connectivity index (χ0) is 11.8. The van der Waals surface area contributed by atoms with Gasteiger partial charge in [-0.05, 0) is 34.5 Å². The van der Waals surface area contributed by atoms with Crippen LogP contribution in [0.25, 0.3) is 0 Å². The van der Waals surface area contributed by atoms with Gasteiger partial charge in [0.1, 0.15) is 0 Å². The molecule has 0 saturated carbocycles. The monoisotopic (exact) mass is 303 g/mol. The molecule has 1 heterocycles. The van der Waals surface area contributed by atoms with E-state index >= 15 is 0 Å². The van der Waals surface area contributed by atoms with Crippen molar-refractivity contribution in [3.63, 3.8) is 0 Å². The fourth-order valence-electron chi connectivity index (χ4n) is 1.81. The molecule has 1 rings (SSSR count). The van der Waals surface area contributed by atoms with Crippen molar-refractivity contribution < 1.29 is 0 Å². The molecule has 0 amide bonds. The summed E-state index contributed by atoms with van der Waals surface area (Å²) >= 11 is 5.23. The maximum atomic E-state index is 6.14. The van der Waals surface area contributed by atoms with Crippen molar-refractivity contribution in [1.82, 2.24) is 0 Å². The first-order valence-corrected chi connectivity index (χ1v) is 7.85. The van der Waals surface area contributed by atoms with E-state index in [4.69, 9.17) is 5.73 Å². The SMILES string of the molecule is CCCCCCCCC(N)c1ccc(Br)s1. The van der Waals surface area contributed by atoms with Crippen molar-refractivity contribution in [3.05, 3.63) is 20.8 Å². The molecule has 2 N–H and O–H groups in total. The molecule has 1 nitrogen and oxygen atoms in total. The van der Waals surface area contributed by atoms with Crippen LogP contribution >= 0.6 is 27.3 Å². The van der Waals surface area contributed by atoms with Crippen LogP contribution in [0.15, 0.2) is 15.9 Å². The predicted molar refractivity (Wildman–Crippen MR) is 76.9 cm³/mol. The molecule has 0 aromatic carbocycles. The summed E-state index contributed by atoms with van der Waals surface area (Å²) in [5, 5.41) is 0. The summed E-state index contributed by atoms with van der Waals surface area (Å²) in [6.45, 7) is 2.25. The summed E-state index contributed by atoms with van der Waals surface area (Å²) < 4.78 is 1.18. The van der Waals surface area contributed by atoms with Gasteiger partial charge in [-0.25, -0.2) is 0 Å². The zero-order valence-electron chi connectivity index (χ0n) is 10.0. The number of thiophene rings is 1. The number of rotatable bonds is 8. The quantitative estimate of drug-likeness (QED) is 0.651. The van der Waals surface area contributed by atoms with Crippen LogP contribution in [-0.4, -0.2) is 0 Å². The lowest BCUT2D eigenvalue weighted by atomic mass is 10.1. The zero-order valence-corrected chi connectivity index (χ0v) is 12.4. The summed E-state index contributed by atoms with van der Waals surface area (Å²) in [6, 6.07) is 4.46. The lowest BCUT2D eigenvalue weighted by Crippen LogP contribution is -2.07. The smallest absolute Gasteiger partial charge is 0.0701 e. The first-order valence-electron chi connectivity index (χ1n) is 6.25. The Bertz CT molecular complexity index is 285. The second-order valence-electron chi connectivity index (χ2n) is 4.30. The highest BCUT2D eigenvalue weighted by Crippen LogP contribution is 2.28. The van der Waals surface area contributed by atoms with E-state index in [1.54, 1.807) is 11.3 Å². The van der Waals surface area contributed by atoms with Gasteiger partial charge in [0.15, 0.2) is 0 Å². The first-order chi connectivity index (χ1) is 7.74. The molecule has 0 aliphatic carbocycles. The number of unbranched alkanes of at least 4 members (excludes halogenated alkanes) is 5. The van der Waals surface area contributed by atoms with Crippen LogP contribution in [0, 0.1) is 0 Å². The fourth-order valence-corrected chi connectivity index (χ4v) is 3.27. The molecule has 1 aromatic rings. The van der Waals surface area contributed by atoms with E-state index in [0.717, 1.165) is 6.42 Å². The highest BCUT2D eigenvalue weighted by atomic mass is 79.9. The first kappa shape index (κ1) is 14.2. The second-order valence-corrected chi connectivity index (χ2v) is 6.80. The highest BCUT2D eigenvalue weighted by molar-refractivity contribution is 9.11. The standard InChI is InChI=1S/C13H22BrNS/c1-2-3-4-5-6-7-8-11(15)12-9-10-13(14)16-12/h9-11H,2-8,15H2,1H3. The Hall–Kier alpha value is 0.140. The van der Waals surface area contributed by atoms with Crippen LogP contribution in [0.5, 0.6) is 0 Å². The third-order valence-electron chi connectivity index (χ3n) is 2.83. The molecule has 1 aromatic heterocycles. The highest BCUT2D eigenvalue weighted by Gasteiger charge is 2.07. The van der Waals surface area contributed by atoms with E-state index in [0.29, 0.717) is 0 Å².